The highest BCUT2D eigenvalue weighted by atomic mass is 32.2. The summed E-state index contributed by atoms with van der Waals surface area (Å²) in [7, 11) is 0. The van der Waals surface area contributed by atoms with Gasteiger partial charge in [0.2, 0.25) is 5.91 Å². The van der Waals surface area contributed by atoms with E-state index in [-0.39, 0.29) is 12.5 Å². The third-order valence-corrected chi connectivity index (χ3v) is 5.36. The number of rotatable bonds is 6. The minimum absolute atomic E-state index is 0.0413. The second-order valence-electron chi connectivity index (χ2n) is 6.17. The van der Waals surface area contributed by atoms with Gasteiger partial charge in [0.05, 0.1) is 12.3 Å². The summed E-state index contributed by atoms with van der Waals surface area (Å²) in [6, 6.07) is 11.9. The Morgan fingerprint density at radius 1 is 1.29 bits per heavy atom. The van der Waals surface area contributed by atoms with Gasteiger partial charge in [0, 0.05) is 18.1 Å². The van der Waals surface area contributed by atoms with Crippen LogP contribution in [0.5, 0.6) is 0 Å². The van der Waals surface area contributed by atoms with Crippen molar-refractivity contribution in [1.82, 2.24) is 10.3 Å². The third kappa shape index (κ3) is 4.16. The fourth-order valence-electron chi connectivity index (χ4n) is 3.12. The first-order chi connectivity index (χ1) is 11.7. The summed E-state index contributed by atoms with van der Waals surface area (Å²) in [6.45, 7) is 0.274. The minimum Gasteiger partial charge on any atom is -0.383 e. The molecule has 4 nitrogen and oxygen atoms in total. The highest BCUT2D eigenvalue weighted by Crippen LogP contribution is 2.34. The lowest BCUT2D eigenvalue weighted by atomic mass is 9.79. The van der Waals surface area contributed by atoms with Crippen LogP contribution in [0, 0.1) is 0 Å². The molecule has 1 amide bonds. The summed E-state index contributed by atoms with van der Waals surface area (Å²) >= 11 is 1.55. The first-order valence-electron chi connectivity index (χ1n) is 8.21. The van der Waals surface area contributed by atoms with Gasteiger partial charge >= 0.3 is 0 Å². The predicted octanol–water partition coefficient (Wildman–Crippen LogP) is 2.66. The van der Waals surface area contributed by atoms with Gasteiger partial charge in [-0.3, -0.25) is 9.78 Å². The molecule has 1 aromatic heterocycles. The van der Waals surface area contributed by atoms with Crippen LogP contribution >= 0.6 is 11.8 Å². The van der Waals surface area contributed by atoms with Crippen LogP contribution in [0.1, 0.15) is 29.5 Å². The molecule has 2 aromatic rings. The zero-order valence-electron chi connectivity index (χ0n) is 13.6. The van der Waals surface area contributed by atoms with Crippen molar-refractivity contribution in [3.8, 4) is 0 Å². The van der Waals surface area contributed by atoms with Crippen LogP contribution in [0.4, 0.5) is 0 Å². The Balaban J connectivity index is 1.49. The van der Waals surface area contributed by atoms with Crippen molar-refractivity contribution in [3.63, 3.8) is 0 Å². The fourth-order valence-corrected chi connectivity index (χ4v) is 3.92. The highest BCUT2D eigenvalue weighted by Gasteiger charge is 2.34. The average Bonchev–Trinajstić information content (AvgIpc) is 2.62. The summed E-state index contributed by atoms with van der Waals surface area (Å²) in [5.74, 6) is 1.10. The van der Waals surface area contributed by atoms with Gasteiger partial charge in [-0.2, -0.15) is 0 Å². The first-order valence-corrected chi connectivity index (χ1v) is 9.37. The standard InChI is InChI=1S/C19H22N2O2S/c22-18(13-24-12-15-5-4-10-20-11-15)21-14-19(23)9-3-7-16-6-1-2-8-17(16)19/h1-2,4-6,8,10-11,23H,3,7,9,12-14H2,(H,21,22)/t19-/m0/s1. The molecular formula is C19H22N2O2S. The number of carbonyl (C=O) groups is 1. The summed E-state index contributed by atoms with van der Waals surface area (Å²) in [5, 5.41) is 13.8. The largest absolute Gasteiger partial charge is 0.383 e. The summed E-state index contributed by atoms with van der Waals surface area (Å²) in [4.78, 5) is 16.1. The van der Waals surface area contributed by atoms with E-state index in [1.54, 1.807) is 18.0 Å². The maximum absolute atomic E-state index is 12.1. The van der Waals surface area contributed by atoms with Crippen LogP contribution in [0.15, 0.2) is 48.8 Å². The molecular weight excluding hydrogens is 320 g/mol. The van der Waals surface area contributed by atoms with Gasteiger partial charge in [-0.25, -0.2) is 0 Å². The molecule has 2 N–H and O–H groups in total. The molecule has 0 spiro atoms. The van der Waals surface area contributed by atoms with Crippen molar-refractivity contribution >= 4 is 17.7 Å². The number of aliphatic hydroxyl groups is 1. The molecule has 1 aliphatic rings. The SMILES string of the molecule is O=C(CSCc1cccnc1)NC[C@@]1(O)CCCc2ccccc21. The number of carbonyl (C=O) groups excluding carboxylic acids is 1. The Hall–Kier alpha value is -1.85. The third-order valence-electron chi connectivity index (χ3n) is 4.36. The molecule has 24 heavy (non-hydrogen) atoms. The van der Waals surface area contributed by atoms with Crippen LogP contribution in [0.2, 0.25) is 0 Å². The lowest BCUT2D eigenvalue weighted by Crippen LogP contribution is -2.43. The summed E-state index contributed by atoms with van der Waals surface area (Å²) in [5.41, 5.74) is 2.31. The minimum atomic E-state index is -0.946. The van der Waals surface area contributed by atoms with Crippen molar-refractivity contribution in [2.75, 3.05) is 12.3 Å². The molecule has 3 rings (SSSR count). The number of fused-ring (bicyclic) bond motifs is 1. The number of pyridine rings is 1. The molecule has 1 aliphatic carbocycles. The van der Waals surface area contributed by atoms with E-state index < -0.39 is 5.60 Å². The molecule has 0 radical (unpaired) electrons. The van der Waals surface area contributed by atoms with Crippen molar-refractivity contribution in [3.05, 3.63) is 65.5 Å². The van der Waals surface area contributed by atoms with Gasteiger partial charge in [0.1, 0.15) is 5.60 Å². The Kier molecular flexibility index (Phi) is 5.53. The zero-order valence-corrected chi connectivity index (χ0v) is 14.4. The van der Waals surface area contributed by atoms with Crippen molar-refractivity contribution in [2.45, 2.75) is 30.6 Å². The van der Waals surface area contributed by atoms with Gasteiger partial charge in [-0.15, -0.1) is 11.8 Å². The Labute approximate surface area is 146 Å². The van der Waals surface area contributed by atoms with Crippen LogP contribution < -0.4 is 5.32 Å². The van der Waals surface area contributed by atoms with E-state index in [0.717, 1.165) is 29.7 Å². The first kappa shape index (κ1) is 17.0. The van der Waals surface area contributed by atoms with Crippen LogP contribution in [-0.2, 0) is 22.6 Å². The maximum Gasteiger partial charge on any atom is 0.230 e. The molecule has 0 bridgehead atoms. The lowest BCUT2D eigenvalue weighted by molar-refractivity contribution is -0.120. The van der Waals surface area contributed by atoms with Crippen LogP contribution in [0.25, 0.3) is 0 Å². The highest BCUT2D eigenvalue weighted by molar-refractivity contribution is 7.99. The van der Waals surface area contributed by atoms with Gasteiger partial charge < -0.3 is 10.4 Å². The normalized spacial score (nSPS) is 19.5. The Bertz CT molecular complexity index is 693. The van der Waals surface area contributed by atoms with E-state index >= 15 is 0 Å². The Morgan fingerprint density at radius 3 is 3.00 bits per heavy atom. The molecule has 126 valence electrons. The number of aryl methyl sites for hydroxylation is 1. The molecule has 5 heteroatoms. The molecule has 0 aliphatic heterocycles. The topological polar surface area (TPSA) is 62.2 Å². The zero-order chi connectivity index (χ0) is 16.8. The number of aromatic nitrogens is 1. The van der Waals surface area contributed by atoms with Gasteiger partial charge in [0.15, 0.2) is 0 Å². The van der Waals surface area contributed by atoms with Crippen LogP contribution in [0.3, 0.4) is 0 Å². The molecule has 1 aromatic carbocycles. The van der Waals surface area contributed by atoms with Gasteiger partial charge in [-0.05, 0) is 42.0 Å². The molecule has 0 saturated heterocycles. The fraction of sp³-hybridized carbons (Fsp3) is 0.368. The lowest BCUT2D eigenvalue weighted by Gasteiger charge is -2.34. The molecule has 0 saturated carbocycles. The van der Waals surface area contributed by atoms with Crippen molar-refractivity contribution in [1.29, 1.82) is 0 Å². The van der Waals surface area contributed by atoms with E-state index in [1.165, 1.54) is 5.56 Å². The summed E-state index contributed by atoms with van der Waals surface area (Å²) in [6.07, 6.45) is 6.18. The van der Waals surface area contributed by atoms with Gasteiger partial charge in [-0.1, -0.05) is 30.3 Å². The maximum atomic E-state index is 12.1. The Morgan fingerprint density at radius 2 is 2.17 bits per heavy atom. The molecule has 1 heterocycles. The van der Waals surface area contributed by atoms with E-state index in [2.05, 4.69) is 16.4 Å². The monoisotopic (exact) mass is 342 g/mol. The number of amides is 1. The van der Waals surface area contributed by atoms with E-state index in [9.17, 15) is 9.90 Å². The number of nitrogens with zero attached hydrogens (tertiary/aromatic N) is 1. The number of hydrogen-bond donors (Lipinski definition) is 2. The molecule has 0 unspecified atom stereocenters. The average molecular weight is 342 g/mol. The second-order valence-corrected chi connectivity index (χ2v) is 7.16. The quantitative estimate of drug-likeness (QED) is 0.847. The number of benzene rings is 1. The smallest absolute Gasteiger partial charge is 0.230 e. The second kappa shape index (κ2) is 7.81. The molecule has 0 fully saturated rings. The number of hydrogen-bond acceptors (Lipinski definition) is 4. The number of nitrogens with one attached hydrogen (secondary N) is 1. The van der Waals surface area contributed by atoms with Crippen molar-refractivity contribution in [2.24, 2.45) is 0 Å². The van der Waals surface area contributed by atoms with Gasteiger partial charge in [0.25, 0.3) is 0 Å². The summed E-state index contributed by atoms with van der Waals surface area (Å²) < 4.78 is 0. The van der Waals surface area contributed by atoms with E-state index in [1.807, 2.05) is 36.5 Å². The van der Waals surface area contributed by atoms with E-state index in [0.29, 0.717) is 12.2 Å². The van der Waals surface area contributed by atoms with Crippen molar-refractivity contribution < 1.29 is 9.90 Å². The van der Waals surface area contributed by atoms with Crippen LogP contribution in [-0.4, -0.2) is 28.3 Å². The molecule has 1 atom stereocenters. The van der Waals surface area contributed by atoms with E-state index in [4.69, 9.17) is 0 Å². The predicted molar refractivity (Wildman–Crippen MR) is 96.7 cm³/mol. The number of thioether (sulfide) groups is 1.